The molecule has 20 heavy (non-hydrogen) atoms. The first kappa shape index (κ1) is 16.4. The average molecular weight is 272 g/mol. The molecule has 1 rings (SSSR count). The van der Waals surface area contributed by atoms with Crippen molar-refractivity contribution in [1.29, 1.82) is 0 Å². The van der Waals surface area contributed by atoms with Gasteiger partial charge in [-0.05, 0) is 38.8 Å². The topological polar surface area (TPSA) is 18.5 Å². The third kappa shape index (κ3) is 4.19. The van der Waals surface area contributed by atoms with Crippen LogP contribution >= 0.6 is 0 Å². The predicted molar refractivity (Wildman–Crippen MR) is 84.2 cm³/mol. The number of allylic oxidation sites excluding steroid dienone is 2. The molecular weight excluding hydrogens is 248 g/mol. The molecule has 0 aliphatic heterocycles. The molecule has 0 N–H and O–H groups in total. The molecule has 0 aromatic heterocycles. The fraction of sp³-hybridized carbons (Fsp3) is 0.333. The first-order valence-electron chi connectivity index (χ1n) is 6.71. The zero-order valence-electron chi connectivity index (χ0n) is 12.8. The van der Waals surface area contributed by atoms with E-state index in [0.29, 0.717) is 0 Å². The summed E-state index contributed by atoms with van der Waals surface area (Å²) in [6, 6.07) is 9.98. The van der Waals surface area contributed by atoms with E-state index in [1.807, 2.05) is 64.1 Å². The molecule has 0 radical (unpaired) electrons. The van der Waals surface area contributed by atoms with E-state index < -0.39 is 11.2 Å². The molecule has 0 aliphatic carbocycles. The van der Waals surface area contributed by atoms with Crippen molar-refractivity contribution >= 4 is 0 Å². The monoisotopic (exact) mass is 272 g/mol. The second-order valence-electron chi connectivity index (χ2n) is 5.62. The van der Waals surface area contributed by atoms with Crippen LogP contribution in [0.25, 0.3) is 0 Å². The van der Waals surface area contributed by atoms with Crippen molar-refractivity contribution in [2.24, 2.45) is 0 Å². The van der Waals surface area contributed by atoms with Gasteiger partial charge in [0.1, 0.15) is 11.2 Å². The summed E-state index contributed by atoms with van der Waals surface area (Å²) in [4.78, 5) is 11.4. The molecule has 2 heteroatoms. The summed E-state index contributed by atoms with van der Waals surface area (Å²) in [5.41, 5.74) is 0.848. The van der Waals surface area contributed by atoms with Crippen molar-refractivity contribution in [3.05, 3.63) is 72.9 Å². The van der Waals surface area contributed by atoms with E-state index >= 15 is 0 Å². The maximum Gasteiger partial charge on any atom is 0.123 e. The molecule has 0 unspecified atom stereocenters. The van der Waals surface area contributed by atoms with Crippen LogP contribution in [-0.2, 0) is 15.4 Å². The SMILES string of the molecule is C=C/C=C(\C=C)C(C)(C)OOC(C)(C)c1ccccc1. The van der Waals surface area contributed by atoms with Crippen LogP contribution in [0, 0.1) is 0 Å². The van der Waals surface area contributed by atoms with Gasteiger partial charge in [0.05, 0.1) is 0 Å². The van der Waals surface area contributed by atoms with Crippen LogP contribution in [0.15, 0.2) is 67.3 Å². The molecule has 0 aliphatic rings. The van der Waals surface area contributed by atoms with Crippen molar-refractivity contribution < 1.29 is 9.78 Å². The Hall–Kier alpha value is -1.64. The molecule has 0 saturated carbocycles. The van der Waals surface area contributed by atoms with Crippen molar-refractivity contribution in [2.45, 2.75) is 38.9 Å². The van der Waals surface area contributed by atoms with Crippen LogP contribution in [0.5, 0.6) is 0 Å². The molecule has 0 heterocycles. The van der Waals surface area contributed by atoms with Gasteiger partial charge in [-0.1, -0.05) is 61.7 Å². The van der Waals surface area contributed by atoms with Crippen LogP contribution < -0.4 is 0 Å². The van der Waals surface area contributed by atoms with Gasteiger partial charge in [0, 0.05) is 0 Å². The summed E-state index contributed by atoms with van der Waals surface area (Å²) >= 11 is 0. The summed E-state index contributed by atoms with van der Waals surface area (Å²) in [7, 11) is 0. The van der Waals surface area contributed by atoms with Gasteiger partial charge in [0.25, 0.3) is 0 Å². The van der Waals surface area contributed by atoms with E-state index in [1.165, 1.54) is 0 Å². The fourth-order valence-electron chi connectivity index (χ4n) is 1.79. The highest BCUT2D eigenvalue weighted by Crippen LogP contribution is 2.30. The Morgan fingerprint density at radius 3 is 2.10 bits per heavy atom. The number of hydrogen-bond acceptors (Lipinski definition) is 2. The van der Waals surface area contributed by atoms with Crippen LogP contribution in [0.4, 0.5) is 0 Å². The maximum absolute atomic E-state index is 5.69. The van der Waals surface area contributed by atoms with Gasteiger partial charge in [-0.15, -0.1) is 0 Å². The van der Waals surface area contributed by atoms with Gasteiger partial charge in [0.2, 0.25) is 0 Å². The summed E-state index contributed by atoms with van der Waals surface area (Å²) in [5, 5.41) is 0. The Balaban J connectivity index is 2.82. The van der Waals surface area contributed by atoms with E-state index in [0.717, 1.165) is 11.1 Å². The quantitative estimate of drug-likeness (QED) is 0.397. The third-order valence-electron chi connectivity index (χ3n) is 3.14. The molecule has 0 amide bonds. The molecule has 0 bridgehead atoms. The van der Waals surface area contributed by atoms with Gasteiger partial charge in [-0.2, -0.15) is 0 Å². The highest BCUT2D eigenvalue weighted by Gasteiger charge is 2.29. The molecule has 0 saturated heterocycles. The normalized spacial score (nSPS) is 13.1. The zero-order chi connectivity index (χ0) is 15.2. The molecule has 1 aromatic rings. The average Bonchev–Trinajstić information content (AvgIpc) is 2.43. The second-order valence-corrected chi connectivity index (χ2v) is 5.62. The van der Waals surface area contributed by atoms with E-state index in [-0.39, 0.29) is 0 Å². The van der Waals surface area contributed by atoms with E-state index in [2.05, 4.69) is 13.2 Å². The fourth-order valence-corrected chi connectivity index (χ4v) is 1.79. The molecular formula is C18H24O2. The maximum atomic E-state index is 5.69. The first-order chi connectivity index (χ1) is 9.33. The minimum absolute atomic E-state index is 0.529. The smallest absolute Gasteiger partial charge is 0.123 e. The lowest BCUT2D eigenvalue weighted by Gasteiger charge is -2.31. The highest BCUT2D eigenvalue weighted by molar-refractivity contribution is 5.29. The summed E-state index contributed by atoms with van der Waals surface area (Å²) < 4.78 is 0. The molecule has 0 fully saturated rings. The van der Waals surface area contributed by atoms with Gasteiger partial charge in [-0.25, -0.2) is 9.78 Å². The minimum Gasteiger partial charge on any atom is -0.225 e. The van der Waals surface area contributed by atoms with Crippen molar-refractivity contribution in [3.8, 4) is 0 Å². The van der Waals surface area contributed by atoms with E-state index in [1.54, 1.807) is 12.2 Å². The van der Waals surface area contributed by atoms with Crippen LogP contribution in [0.1, 0.15) is 33.3 Å². The first-order valence-corrected chi connectivity index (χ1v) is 6.71. The molecule has 2 nitrogen and oxygen atoms in total. The Morgan fingerprint density at radius 1 is 1.00 bits per heavy atom. The Morgan fingerprint density at radius 2 is 1.60 bits per heavy atom. The lowest BCUT2D eigenvalue weighted by Crippen LogP contribution is -2.32. The number of rotatable bonds is 7. The van der Waals surface area contributed by atoms with E-state index in [4.69, 9.17) is 9.78 Å². The highest BCUT2D eigenvalue weighted by atomic mass is 17.2. The molecule has 108 valence electrons. The molecule has 0 spiro atoms. The lowest BCUT2D eigenvalue weighted by molar-refractivity contribution is -0.396. The Bertz CT molecular complexity index is 481. The Kier molecular flexibility index (Phi) is 5.49. The summed E-state index contributed by atoms with van der Waals surface area (Å²) in [5.74, 6) is 0. The van der Waals surface area contributed by atoms with Gasteiger partial charge in [-0.3, -0.25) is 0 Å². The molecule has 0 atom stereocenters. The standard InChI is InChI=1S/C18H24O2/c1-7-12-15(8-2)17(3,4)19-20-18(5,6)16-13-10-9-11-14-16/h7-14H,1-2H2,3-6H3/b15-12+. The van der Waals surface area contributed by atoms with Crippen LogP contribution in [0.3, 0.4) is 0 Å². The number of hydrogen-bond donors (Lipinski definition) is 0. The predicted octanol–water partition coefficient (Wildman–Crippen LogP) is 4.95. The lowest BCUT2D eigenvalue weighted by atomic mass is 9.97. The number of benzene rings is 1. The van der Waals surface area contributed by atoms with Crippen molar-refractivity contribution in [1.82, 2.24) is 0 Å². The summed E-state index contributed by atoms with van der Waals surface area (Å²) in [6.07, 6.45) is 5.33. The second kappa shape index (κ2) is 6.69. The van der Waals surface area contributed by atoms with Gasteiger partial charge < -0.3 is 0 Å². The van der Waals surface area contributed by atoms with E-state index in [9.17, 15) is 0 Å². The van der Waals surface area contributed by atoms with Crippen molar-refractivity contribution in [3.63, 3.8) is 0 Å². The third-order valence-corrected chi connectivity index (χ3v) is 3.14. The van der Waals surface area contributed by atoms with Crippen LogP contribution in [-0.4, -0.2) is 5.60 Å². The zero-order valence-corrected chi connectivity index (χ0v) is 12.8. The van der Waals surface area contributed by atoms with Gasteiger partial charge in [0.15, 0.2) is 0 Å². The van der Waals surface area contributed by atoms with Gasteiger partial charge >= 0.3 is 0 Å². The van der Waals surface area contributed by atoms with Crippen molar-refractivity contribution in [2.75, 3.05) is 0 Å². The summed E-state index contributed by atoms with van der Waals surface area (Å²) in [6.45, 7) is 15.3. The largest absolute Gasteiger partial charge is 0.225 e. The minimum atomic E-state index is -0.595. The Labute approximate surface area is 122 Å². The van der Waals surface area contributed by atoms with Crippen LogP contribution in [0.2, 0.25) is 0 Å². The molecule has 1 aromatic carbocycles.